The van der Waals surface area contributed by atoms with E-state index in [-0.39, 0.29) is 18.9 Å². The van der Waals surface area contributed by atoms with Crippen LogP contribution in [0.5, 0.6) is 0 Å². The molecule has 1 saturated carbocycles. The van der Waals surface area contributed by atoms with E-state index in [1.54, 1.807) is 5.56 Å². The summed E-state index contributed by atoms with van der Waals surface area (Å²) in [6.07, 6.45) is 7.05. The number of benzene rings is 1. The first-order valence-electron chi connectivity index (χ1n) is 7.45. The van der Waals surface area contributed by atoms with Crippen LogP contribution in [0.4, 0.5) is 0 Å². The molecule has 19 heavy (non-hydrogen) atoms. The van der Waals surface area contributed by atoms with Gasteiger partial charge in [-0.25, -0.2) is 0 Å². The van der Waals surface area contributed by atoms with E-state index in [9.17, 15) is 0 Å². The van der Waals surface area contributed by atoms with Crippen molar-refractivity contribution >= 4 is 10.8 Å². The van der Waals surface area contributed by atoms with Gasteiger partial charge >= 0.3 is 18.9 Å². The first-order chi connectivity index (χ1) is 8.75. The molecule has 0 radical (unpaired) electrons. The van der Waals surface area contributed by atoms with Crippen molar-refractivity contribution in [1.29, 1.82) is 0 Å². The van der Waals surface area contributed by atoms with Gasteiger partial charge in [0.15, 0.2) is 0 Å². The minimum atomic E-state index is 0. The maximum absolute atomic E-state index is 2.43. The summed E-state index contributed by atoms with van der Waals surface area (Å²) >= 11 is 0. The molecule has 0 amide bonds. The van der Waals surface area contributed by atoms with Crippen molar-refractivity contribution in [2.24, 2.45) is 0 Å². The first kappa shape index (κ1) is 14.8. The van der Waals surface area contributed by atoms with Crippen LogP contribution in [0.2, 0.25) is 0 Å². The van der Waals surface area contributed by atoms with E-state index in [1.807, 2.05) is 0 Å². The predicted molar refractivity (Wildman–Crippen MR) is 79.5 cm³/mol. The van der Waals surface area contributed by atoms with Gasteiger partial charge in [-0.1, -0.05) is 44.7 Å². The Kier molecular flexibility index (Phi) is 4.88. The largest absolute Gasteiger partial charge is 1.00 e. The van der Waals surface area contributed by atoms with Crippen LogP contribution in [0, 0.1) is 0 Å². The molecule has 0 heterocycles. The van der Waals surface area contributed by atoms with Crippen molar-refractivity contribution in [2.75, 3.05) is 0 Å². The van der Waals surface area contributed by atoms with Gasteiger partial charge in [0.05, 0.1) is 0 Å². The second-order valence-electron chi connectivity index (χ2n) is 6.13. The van der Waals surface area contributed by atoms with Crippen molar-refractivity contribution in [3.05, 3.63) is 41.5 Å². The number of hydrogen-bond donors (Lipinski definition) is 0. The zero-order chi connectivity index (χ0) is 12.5. The van der Waals surface area contributed by atoms with Gasteiger partial charge in [0.25, 0.3) is 0 Å². The Morgan fingerprint density at radius 3 is 2.53 bits per heavy atom. The Hall–Kier alpha value is -0.573. The minimum Gasteiger partial charge on any atom is -0.164 e. The van der Waals surface area contributed by atoms with Crippen molar-refractivity contribution in [3.8, 4) is 0 Å². The van der Waals surface area contributed by atoms with Gasteiger partial charge < -0.3 is 0 Å². The zero-order valence-corrected chi connectivity index (χ0v) is 12.6. The molecule has 0 unspecified atom stereocenters. The fourth-order valence-electron chi connectivity index (χ4n) is 3.39. The van der Waals surface area contributed by atoms with Crippen molar-refractivity contribution < 1.29 is 18.9 Å². The van der Waals surface area contributed by atoms with Crippen LogP contribution in [0.25, 0.3) is 10.8 Å². The molecule has 96 valence electrons. The van der Waals surface area contributed by atoms with Gasteiger partial charge in [-0.05, 0) is 24.7 Å². The molecule has 3 rings (SSSR count). The van der Waals surface area contributed by atoms with E-state index in [4.69, 9.17) is 0 Å². The molecule has 0 saturated heterocycles. The third kappa shape index (κ3) is 2.96. The van der Waals surface area contributed by atoms with Gasteiger partial charge in [-0.15, -0.1) is 34.5 Å². The first-order valence-corrected chi connectivity index (χ1v) is 7.45. The number of fused-ring (bicyclic) bond motifs is 1. The Labute approximate surface area is 129 Å². The van der Waals surface area contributed by atoms with Crippen molar-refractivity contribution in [3.63, 3.8) is 0 Å². The van der Waals surface area contributed by atoms with Crippen molar-refractivity contribution in [2.45, 2.75) is 57.8 Å². The maximum atomic E-state index is 2.43. The summed E-state index contributed by atoms with van der Waals surface area (Å²) in [5.74, 6) is 1.45. The molecule has 1 fully saturated rings. The predicted octanol–water partition coefficient (Wildman–Crippen LogP) is 2.73. The van der Waals surface area contributed by atoms with Crippen LogP contribution in [0.1, 0.15) is 68.9 Å². The summed E-state index contributed by atoms with van der Waals surface area (Å²) in [6.45, 7) is 4.57. The van der Waals surface area contributed by atoms with Gasteiger partial charge in [0.1, 0.15) is 0 Å². The van der Waals surface area contributed by atoms with Crippen LogP contribution in [0.3, 0.4) is 0 Å². The monoisotopic (exact) mass is 246 g/mol. The Balaban J connectivity index is 0.00000133. The molecule has 1 heteroatoms. The quantitative estimate of drug-likeness (QED) is 0.564. The van der Waals surface area contributed by atoms with Crippen LogP contribution in [-0.4, -0.2) is 0 Å². The van der Waals surface area contributed by atoms with Gasteiger partial charge in [-0.3, -0.25) is 0 Å². The maximum Gasteiger partial charge on any atom is 1.00 e. The Morgan fingerprint density at radius 2 is 1.84 bits per heavy atom. The third-order valence-corrected chi connectivity index (χ3v) is 4.52. The standard InChI is InChI=1S/C18H23.Li/c1-13(2)16-11-15-9-6-10-17(18(15)12-16)14-7-4-3-5-8-14;/h6,9-14H,3-5,7-8H2,1-2H3;/q-1;+1. The third-order valence-electron chi connectivity index (χ3n) is 4.52. The van der Waals surface area contributed by atoms with E-state index >= 15 is 0 Å². The van der Waals surface area contributed by atoms with Crippen LogP contribution < -0.4 is 18.9 Å². The minimum absolute atomic E-state index is 0. The molecule has 0 aromatic heterocycles. The molecule has 2 aromatic carbocycles. The fraction of sp³-hybridized carbons (Fsp3) is 0.500. The molecule has 0 atom stereocenters. The van der Waals surface area contributed by atoms with E-state index < -0.39 is 0 Å². The van der Waals surface area contributed by atoms with Crippen molar-refractivity contribution in [1.82, 2.24) is 0 Å². The molecule has 1 aliphatic rings. The topological polar surface area (TPSA) is 0 Å². The van der Waals surface area contributed by atoms with Crippen LogP contribution in [0.15, 0.2) is 30.3 Å². The smallest absolute Gasteiger partial charge is 0.164 e. The molecule has 1 aliphatic carbocycles. The normalized spacial score (nSPS) is 16.8. The second-order valence-corrected chi connectivity index (χ2v) is 6.13. The summed E-state index contributed by atoms with van der Waals surface area (Å²) in [6, 6.07) is 11.7. The van der Waals surface area contributed by atoms with Gasteiger partial charge in [0, 0.05) is 0 Å². The van der Waals surface area contributed by atoms with E-state index in [0.29, 0.717) is 5.92 Å². The van der Waals surface area contributed by atoms with Gasteiger partial charge in [0.2, 0.25) is 0 Å². The van der Waals surface area contributed by atoms with E-state index in [2.05, 4.69) is 44.2 Å². The molecule has 2 aromatic rings. The number of rotatable bonds is 2. The molecule has 0 aliphatic heterocycles. The van der Waals surface area contributed by atoms with Gasteiger partial charge in [-0.2, -0.15) is 6.07 Å². The molecule has 0 spiro atoms. The fourth-order valence-corrected chi connectivity index (χ4v) is 3.39. The summed E-state index contributed by atoms with van der Waals surface area (Å²) in [4.78, 5) is 0. The summed E-state index contributed by atoms with van der Waals surface area (Å²) < 4.78 is 0. The molecule has 0 nitrogen and oxygen atoms in total. The molecule has 0 N–H and O–H groups in total. The molecular formula is C18H23Li. The van der Waals surface area contributed by atoms with Crippen LogP contribution in [-0.2, 0) is 0 Å². The summed E-state index contributed by atoms with van der Waals surface area (Å²) in [5, 5.41) is 2.97. The average Bonchev–Trinajstić information content (AvgIpc) is 2.83. The Morgan fingerprint density at radius 1 is 1.11 bits per heavy atom. The SMILES string of the molecule is CC(C)c1cc2c(C3CCCCC3)cccc2[cH-]1.[Li+]. The zero-order valence-electron chi connectivity index (χ0n) is 12.6. The molecule has 0 bridgehead atoms. The summed E-state index contributed by atoms with van der Waals surface area (Å²) in [5.41, 5.74) is 3.10. The summed E-state index contributed by atoms with van der Waals surface area (Å²) in [7, 11) is 0. The Bertz CT molecular complexity index is 530. The molecular weight excluding hydrogens is 223 g/mol. The van der Waals surface area contributed by atoms with Crippen LogP contribution >= 0.6 is 0 Å². The second kappa shape index (κ2) is 6.25. The van der Waals surface area contributed by atoms with E-state index in [1.165, 1.54) is 48.4 Å². The average molecular weight is 246 g/mol. The number of hydrogen-bond acceptors (Lipinski definition) is 0. The van der Waals surface area contributed by atoms with E-state index in [0.717, 1.165) is 5.92 Å².